The highest BCUT2D eigenvalue weighted by Crippen LogP contribution is 2.23. The van der Waals surface area contributed by atoms with Gasteiger partial charge in [0.15, 0.2) is 0 Å². The predicted octanol–water partition coefficient (Wildman–Crippen LogP) is 3.11. The lowest BCUT2D eigenvalue weighted by Gasteiger charge is -2.07. The second-order valence-electron chi connectivity index (χ2n) is 3.80. The lowest BCUT2D eigenvalue weighted by Crippen LogP contribution is -2.12. The Kier molecular flexibility index (Phi) is 3.62. The molecule has 2 rings (SSSR count). The molecule has 0 atom stereocenters. The molecule has 1 aromatic carbocycles. The molecule has 0 aliphatic carbocycles. The molecular formula is C13H11BrN2O2. The highest BCUT2D eigenvalue weighted by Gasteiger charge is 2.11. The summed E-state index contributed by atoms with van der Waals surface area (Å²) in [7, 11) is 0. The van der Waals surface area contributed by atoms with Gasteiger partial charge in [-0.15, -0.1) is 0 Å². The summed E-state index contributed by atoms with van der Waals surface area (Å²) in [4.78, 5) is 16.0. The number of benzene rings is 1. The summed E-state index contributed by atoms with van der Waals surface area (Å²) in [5.74, 6) is -0.437. The fourth-order valence-electron chi connectivity index (χ4n) is 1.44. The smallest absolute Gasteiger partial charge is 0.259 e. The van der Waals surface area contributed by atoms with Crippen LogP contribution in [0.1, 0.15) is 16.1 Å². The highest BCUT2D eigenvalue weighted by atomic mass is 79.9. The van der Waals surface area contributed by atoms with E-state index in [0.29, 0.717) is 10.2 Å². The number of halogens is 1. The van der Waals surface area contributed by atoms with E-state index in [2.05, 4.69) is 26.2 Å². The Morgan fingerprint density at radius 1 is 1.33 bits per heavy atom. The molecule has 18 heavy (non-hydrogen) atoms. The maximum absolute atomic E-state index is 11.9. The minimum Gasteiger partial charge on any atom is -0.507 e. The fraction of sp³-hybridized carbons (Fsp3) is 0.0769. The SMILES string of the molecule is Cc1ccc(NC(=O)c2ccc(Br)cc2O)cn1. The maximum Gasteiger partial charge on any atom is 0.259 e. The molecule has 0 saturated carbocycles. The molecule has 0 fully saturated rings. The highest BCUT2D eigenvalue weighted by molar-refractivity contribution is 9.10. The van der Waals surface area contributed by atoms with E-state index in [-0.39, 0.29) is 17.2 Å². The zero-order chi connectivity index (χ0) is 13.1. The lowest BCUT2D eigenvalue weighted by molar-refractivity contribution is 0.102. The summed E-state index contributed by atoms with van der Waals surface area (Å²) in [5.41, 5.74) is 1.69. The average Bonchev–Trinajstić information content (AvgIpc) is 2.32. The van der Waals surface area contributed by atoms with E-state index in [4.69, 9.17) is 0 Å². The van der Waals surface area contributed by atoms with Crippen molar-refractivity contribution in [1.29, 1.82) is 0 Å². The zero-order valence-electron chi connectivity index (χ0n) is 9.64. The fourth-order valence-corrected chi connectivity index (χ4v) is 1.79. The maximum atomic E-state index is 11.9. The monoisotopic (exact) mass is 306 g/mol. The second kappa shape index (κ2) is 5.18. The van der Waals surface area contributed by atoms with Gasteiger partial charge < -0.3 is 10.4 Å². The normalized spacial score (nSPS) is 10.1. The van der Waals surface area contributed by atoms with Crippen molar-refractivity contribution in [2.75, 3.05) is 5.32 Å². The van der Waals surface area contributed by atoms with Crippen molar-refractivity contribution in [1.82, 2.24) is 4.98 Å². The molecule has 92 valence electrons. The molecule has 0 aliphatic rings. The topological polar surface area (TPSA) is 62.2 Å². The number of aromatic nitrogens is 1. The number of anilines is 1. The minimum atomic E-state index is -0.370. The number of rotatable bonds is 2. The van der Waals surface area contributed by atoms with Crippen LogP contribution in [-0.2, 0) is 0 Å². The Hall–Kier alpha value is -1.88. The van der Waals surface area contributed by atoms with Crippen LogP contribution >= 0.6 is 15.9 Å². The number of phenolic OH excluding ortho intramolecular Hbond substituents is 1. The van der Waals surface area contributed by atoms with Crippen molar-refractivity contribution in [3.8, 4) is 5.75 Å². The van der Waals surface area contributed by atoms with Crippen LogP contribution in [-0.4, -0.2) is 16.0 Å². The first kappa shape index (κ1) is 12.6. The molecule has 0 radical (unpaired) electrons. The van der Waals surface area contributed by atoms with E-state index < -0.39 is 0 Å². The van der Waals surface area contributed by atoms with Gasteiger partial charge in [-0.05, 0) is 37.3 Å². The first-order valence-corrected chi connectivity index (χ1v) is 6.08. The van der Waals surface area contributed by atoms with Crippen molar-refractivity contribution in [2.45, 2.75) is 6.92 Å². The van der Waals surface area contributed by atoms with Crippen LogP contribution in [0.15, 0.2) is 41.0 Å². The van der Waals surface area contributed by atoms with Crippen LogP contribution in [0.5, 0.6) is 5.75 Å². The number of aromatic hydroxyl groups is 1. The summed E-state index contributed by atoms with van der Waals surface area (Å²) >= 11 is 3.22. The molecule has 0 bridgehead atoms. The molecule has 5 heteroatoms. The third kappa shape index (κ3) is 2.87. The quantitative estimate of drug-likeness (QED) is 0.896. The second-order valence-corrected chi connectivity index (χ2v) is 4.72. The van der Waals surface area contributed by atoms with E-state index in [1.165, 1.54) is 6.07 Å². The average molecular weight is 307 g/mol. The van der Waals surface area contributed by atoms with Gasteiger partial charge in [-0.2, -0.15) is 0 Å². The van der Waals surface area contributed by atoms with Gasteiger partial charge in [0.2, 0.25) is 0 Å². The van der Waals surface area contributed by atoms with Crippen molar-refractivity contribution in [3.63, 3.8) is 0 Å². The van der Waals surface area contributed by atoms with Gasteiger partial charge in [0.1, 0.15) is 5.75 Å². The Morgan fingerprint density at radius 2 is 2.11 bits per heavy atom. The molecule has 2 aromatic rings. The molecule has 1 aromatic heterocycles. The van der Waals surface area contributed by atoms with E-state index in [0.717, 1.165) is 5.69 Å². The minimum absolute atomic E-state index is 0.0676. The van der Waals surface area contributed by atoms with E-state index in [1.54, 1.807) is 30.5 Å². The standard InChI is InChI=1S/C13H11BrN2O2/c1-8-2-4-10(7-15-8)16-13(18)11-5-3-9(14)6-12(11)17/h2-7,17H,1H3,(H,16,18). The number of phenols is 1. The number of aryl methyl sites for hydroxylation is 1. The van der Waals surface area contributed by atoms with Crippen molar-refractivity contribution in [2.24, 2.45) is 0 Å². The number of amides is 1. The molecule has 0 unspecified atom stereocenters. The predicted molar refractivity (Wildman–Crippen MR) is 72.7 cm³/mol. The molecule has 1 amide bonds. The van der Waals surface area contributed by atoms with Crippen LogP contribution in [0.25, 0.3) is 0 Å². The molecule has 4 nitrogen and oxygen atoms in total. The van der Waals surface area contributed by atoms with E-state index in [1.807, 2.05) is 6.92 Å². The Balaban J connectivity index is 2.19. The van der Waals surface area contributed by atoms with Gasteiger partial charge >= 0.3 is 0 Å². The first-order chi connectivity index (χ1) is 8.56. The number of carbonyl (C=O) groups is 1. The van der Waals surface area contributed by atoms with Crippen LogP contribution in [0, 0.1) is 6.92 Å². The first-order valence-electron chi connectivity index (χ1n) is 5.29. The van der Waals surface area contributed by atoms with Crippen molar-refractivity contribution >= 4 is 27.5 Å². The molecular weight excluding hydrogens is 296 g/mol. The van der Waals surface area contributed by atoms with Gasteiger partial charge in [0.05, 0.1) is 17.4 Å². The van der Waals surface area contributed by atoms with Gasteiger partial charge in [-0.3, -0.25) is 9.78 Å². The van der Waals surface area contributed by atoms with Crippen LogP contribution in [0.2, 0.25) is 0 Å². The molecule has 1 heterocycles. The van der Waals surface area contributed by atoms with Gasteiger partial charge in [-0.25, -0.2) is 0 Å². The van der Waals surface area contributed by atoms with Crippen LogP contribution in [0.4, 0.5) is 5.69 Å². The number of nitrogens with zero attached hydrogens (tertiary/aromatic N) is 1. The van der Waals surface area contributed by atoms with Crippen LogP contribution < -0.4 is 5.32 Å². The summed E-state index contributed by atoms with van der Waals surface area (Å²) < 4.78 is 0.716. The van der Waals surface area contributed by atoms with Gasteiger partial charge in [0.25, 0.3) is 5.91 Å². The summed E-state index contributed by atoms with van der Waals surface area (Å²) in [6, 6.07) is 8.29. The van der Waals surface area contributed by atoms with Crippen molar-refractivity contribution in [3.05, 3.63) is 52.3 Å². The van der Waals surface area contributed by atoms with Crippen LogP contribution in [0.3, 0.4) is 0 Å². The molecule has 2 N–H and O–H groups in total. The van der Waals surface area contributed by atoms with E-state index in [9.17, 15) is 9.90 Å². The molecule has 0 spiro atoms. The Labute approximate surface area is 113 Å². The summed E-state index contributed by atoms with van der Waals surface area (Å²) in [6.07, 6.45) is 1.57. The number of hydrogen-bond acceptors (Lipinski definition) is 3. The third-order valence-electron chi connectivity index (χ3n) is 2.37. The Bertz CT molecular complexity index is 582. The van der Waals surface area contributed by atoms with Gasteiger partial charge in [0, 0.05) is 10.2 Å². The summed E-state index contributed by atoms with van der Waals surface area (Å²) in [6.45, 7) is 1.87. The summed E-state index contributed by atoms with van der Waals surface area (Å²) in [5, 5.41) is 12.3. The molecule has 0 saturated heterocycles. The zero-order valence-corrected chi connectivity index (χ0v) is 11.2. The Morgan fingerprint density at radius 3 is 2.72 bits per heavy atom. The molecule has 0 aliphatic heterocycles. The number of hydrogen-bond donors (Lipinski definition) is 2. The largest absolute Gasteiger partial charge is 0.507 e. The van der Waals surface area contributed by atoms with E-state index >= 15 is 0 Å². The van der Waals surface area contributed by atoms with Gasteiger partial charge in [-0.1, -0.05) is 15.9 Å². The third-order valence-corrected chi connectivity index (χ3v) is 2.87. The van der Waals surface area contributed by atoms with Crippen molar-refractivity contribution < 1.29 is 9.90 Å². The number of nitrogens with one attached hydrogen (secondary N) is 1. The number of pyridine rings is 1. The lowest BCUT2D eigenvalue weighted by atomic mass is 10.2. The number of carbonyl (C=O) groups excluding carboxylic acids is 1.